The molecule has 0 bridgehead atoms. The lowest BCUT2D eigenvalue weighted by Gasteiger charge is -2.25. The maximum absolute atomic E-state index is 12.7. The lowest BCUT2D eigenvalue weighted by molar-refractivity contribution is 0.299. The molecule has 142 valence electrons. The third-order valence-electron chi connectivity index (χ3n) is 4.09. The minimum atomic E-state index is -3.97. The number of nitrogens with zero attached hydrogens (tertiary/aromatic N) is 1. The number of hydrogen-bond acceptors (Lipinski definition) is 5. The van der Waals surface area contributed by atoms with Gasteiger partial charge < -0.3 is 4.90 Å². The van der Waals surface area contributed by atoms with Gasteiger partial charge in [0.05, 0.1) is 4.90 Å². The van der Waals surface area contributed by atoms with E-state index >= 15 is 0 Å². The Balaban J connectivity index is 2.31. The van der Waals surface area contributed by atoms with Gasteiger partial charge in [0.1, 0.15) is 4.90 Å². The van der Waals surface area contributed by atoms with E-state index in [1.165, 1.54) is 24.3 Å². The molecule has 0 amide bonds. The van der Waals surface area contributed by atoms with E-state index in [4.69, 9.17) is 0 Å². The zero-order chi connectivity index (χ0) is 19.5. The van der Waals surface area contributed by atoms with Crippen molar-refractivity contribution in [1.29, 1.82) is 0 Å². The lowest BCUT2D eigenvalue weighted by Crippen LogP contribution is -2.35. The third kappa shape index (κ3) is 4.91. The maximum atomic E-state index is 12.7. The largest absolute Gasteiger partial charge is 0.301 e. The molecule has 2 aromatic rings. The van der Waals surface area contributed by atoms with E-state index in [0.29, 0.717) is 0 Å². The van der Waals surface area contributed by atoms with Gasteiger partial charge in [0.15, 0.2) is 9.84 Å². The molecule has 6 nitrogen and oxygen atoms in total. The highest BCUT2D eigenvalue weighted by Gasteiger charge is 2.25. The molecule has 0 saturated heterocycles. The second-order valence-corrected chi connectivity index (χ2v) is 10.2. The first kappa shape index (κ1) is 20.6. The Morgan fingerprint density at radius 1 is 0.923 bits per heavy atom. The van der Waals surface area contributed by atoms with Crippen molar-refractivity contribution in [2.75, 3.05) is 26.9 Å². The van der Waals surface area contributed by atoms with Crippen molar-refractivity contribution in [3.8, 4) is 0 Å². The average Bonchev–Trinajstić information content (AvgIpc) is 2.55. The van der Waals surface area contributed by atoms with Gasteiger partial charge >= 0.3 is 0 Å². The van der Waals surface area contributed by atoms with Crippen LogP contribution in [0.1, 0.15) is 17.2 Å². The summed E-state index contributed by atoms with van der Waals surface area (Å²) in [5.74, 6) is 0. The van der Waals surface area contributed by atoms with Crippen molar-refractivity contribution >= 4 is 19.9 Å². The van der Waals surface area contributed by atoms with Gasteiger partial charge in [-0.05, 0) is 38.7 Å². The third-order valence-corrected chi connectivity index (χ3v) is 6.86. The summed E-state index contributed by atoms with van der Waals surface area (Å²) >= 11 is 0. The zero-order valence-electron chi connectivity index (χ0n) is 15.3. The summed E-state index contributed by atoms with van der Waals surface area (Å²) in [7, 11) is -3.90. The second-order valence-electron chi connectivity index (χ2n) is 6.46. The van der Waals surface area contributed by atoms with E-state index < -0.39 is 19.9 Å². The van der Waals surface area contributed by atoms with E-state index in [0.717, 1.165) is 17.4 Å². The van der Waals surface area contributed by atoms with Crippen molar-refractivity contribution in [1.82, 2.24) is 9.62 Å². The molecule has 0 aromatic heterocycles. The number of hydrogen-bond donors (Lipinski definition) is 1. The van der Waals surface area contributed by atoms with Gasteiger partial charge in [-0.1, -0.05) is 42.0 Å². The number of likely N-dealkylation sites (N-methyl/N-ethyl adjacent to an activating group) is 1. The first-order valence-electron chi connectivity index (χ1n) is 8.04. The zero-order valence-corrected chi connectivity index (χ0v) is 16.9. The van der Waals surface area contributed by atoms with Crippen LogP contribution in [0.25, 0.3) is 0 Å². The van der Waals surface area contributed by atoms with Crippen molar-refractivity contribution < 1.29 is 16.8 Å². The van der Waals surface area contributed by atoms with Gasteiger partial charge in [-0.15, -0.1) is 0 Å². The molecule has 0 fully saturated rings. The Bertz CT molecular complexity index is 967. The minimum absolute atomic E-state index is 0.122. The topological polar surface area (TPSA) is 83.5 Å². The first-order chi connectivity index (χ1) is 12.0. The molecule has 0 aliphatic carbocycles. The van der Waals surface area contributed by atoms with E-state index in [2.05, 4.69) is 4.72 Å². The van der Waals surface area contributed by atoms with Crippen molar-refractivity contribution in [2.45, 2.75) is 22.8 Å². The highest BCUT2D eigenvalue weighted by molar-refractivity contribution is 7.93. The van der Waals surface area contributed by atoms with Crippen LogP contribution in [0.15, 0.2) is 58.3 Å². The number of rotatable bonds is 7. The van der Waals surface area contributed by atoms with Crippen molar-refractivity contribution in [2.24, 2.45) is 0 Å². The fraction of sp³-hybridized carbons (Fsp3) is 0.333. The minimum Gasteiger partial charge on any atom is -0.301 e. The molecule has 0 spiro atoms. The molecular formula is C18H24N2O4S2. The number of benzene rings is 2. The molecule has 0 saturated carbocycles. The smallest absolute Gasteiger partial charge is 0.241 e. The van der Waals surface area contributed by atoms with Crippen LogP contribution in [-0.4, -0.2) is 48.6 Å². The standard InChI is InChI=1S/C18H24N2O4S2/c1-14-9-11-15(12-10-14)16(20(2)3)13-19-26(23,24)18-8-6-5-7-17(18)25(4,21)22/h5-12,16,19H,13H2,1-4H3. The van der Waals surface area contributed by atoms with Crippen LogP contribution < -0.4 is 4.72 Å². The lowest BCUT2D eigenvalue weighted by atomic mass is 10.0. The molecular weight excluding hydrogens is 372 g/mol. The molecule has 0 aliphatic heterocycles. The summed E-state index contributed by atoms with van der Waals surface area (Å²) in [4.78, 5) is 1.48. The van der Waals surface area contributed by atoms with Crippen LogP contribution in [-0.2, 0) is 19.9 Å². The Hall–Kier alpha value is -1.74. The Morgan fingerprint density at radius 3 is 1.96 bits per heavy atom. The number of sulfone groups is 1. The van der Waals surface area contributed by atoms with Crippen LogP contribution >= 0.6 is 0 Å². The predicted molar refractivity (Wildman–Crippen MR) is 102 cm³/mol. The fourth-order valence-electron chi connectivity index (χ4n) is 2.63. The van der Waals surface area contributed by atoms with Gasteiger partial charge in [-0.2, -0.15) is 0 Å². The summed E-state index contributed by atoms with van der Waals surface area (Å²) in [6.45, 7) is 2.11. The summed E-state index contributed by atoms with van der Waals surface area (Å²) in [5, 5.41) is 0. The van der Waals surface area contributed by atoms with Gasteiger partial charge in [0.25, 0.3) is 0 Å². The molecule has 1 atom stereocenters. The van der Waals surface area contributed by atoms with Crippen molar-refractivity contribution in [3.05, 3.63) is 59.7 Å². The highest BCUT2D eigenvalue weighted by atomic mass is 32.2. The Labute approximate surface area is 155 Å². The summed E-state index contributed by atoms with van der Waals surface area (Å²) in [6, 6.07) is 13.3. The predicted octanol–water partition coefficient (Wildman–Crippen LogP) is 1.98. The normalized spacial score (nSPS) is 13.7. The van der Waals surface area contributed by atoms with E-state index in [1.807, 2.05) is 50.2 Å². The van der Waals surface area contributed by atoms with Gasteiger partial charge in [-0.3, -0.25) is 0 Å². The van der Waals surface area contributed by atoms with Gasteiger partial charge in [0.2, 0.25) is 10.0 Å². The van der Waals surface area contributed by atoms with Crippen LogP contribution in [0.3, 0.4) is 0 Å². The molecule has 0 heterocycles. The highest BCUT2D eigenvalue weighted by Crippen LogP contribution is 2.22. The molecule has 0 radical (unpaired) electrons. The summed E-state index contributed by atoms with van der Waals surface area (Å²) < 4.78 is 51.8. The van der Waals surface area contributed by atoms with Crippen LogP contribution in [0.5, 0.6) is 0 Å². The molecule has 2 rings (SSSR count). The monoisotopic (exact) mass is 396 g/mol. The van der Waals surface area contributed by atoms with E-state index in [-0.39, 0.29) is 22.4 Å². The maximum Gasteiger partial charge on any atom is 0.241 e. The number of sulfonamides is 1. The van der Waals surface area contributed by atoms with Gasteiger partial charge in [0, 0.05) is 18.8 Å². The van der Waals surface area contributed by atoms with Crippen LogP contribution in [0.2, 0.25) is 0 Å². The van der Waals surface area contributed by atoms with Crippen LogP contribution in [0.4, 0.5) is 0 Å². The average molecular weight is 397 g/mol. The molecule has 0 aliphatic rings. The van der Waals surface area contributed by atoms with Crippen LogP contribution in [0, 0.1) is 6.92 Å². The Morgan fingerprint density at radius 2 is 1.46 bits per heavy atom. The number of nitrogens with one attached hydrogen (secondary N) is 1. The van der Waals surface area contributed by atoms with Gasteiger partial charge in [-0.25, -0.2) is 21.6 Å². The fourth-order valence-corrected chi connectivity index (χ4v) is 5.30. The van der Waals surface area contributed by atoms with E-state index in [1.54, 1.807) is 0 Å². The SMILES string of the molecule is Cc1ccc(C(CNS(=O)(=O)c2ccccc2S(C)(=O)=O)N(C)C)cc1. The first-order valence-corrected chi connectivity index (χ1v) is 11.4. The Kier molecular flexibility index (Phi) is 6.23. The number of aryl methyl sites for hydroxylation is 1. The second kappa shape index (κ2) is 7.87. The molecule has 2 aromatic carbocycles. The molecule has 1 unspecified atom stereocenters. The molecule has 26 heavy (non-hydrogen) atoms. The quantitative estimate of drug-likeness (QED) is 0.774. The van der Waals surface area contributed by atoms with Crippen molar-refractivity contribution in [3.63, 3.8) is 0 Å². The summed E-state index contributed by atoms with van der Waals surface area (Å²) in [5.41, 5.74) is 2.09. The summed E-state index contributed by atoms with van der Waals surface area (Å²) in [6.07, 6.45) is 0.996. The van der Waals surface area contributed by atoms with E-state index in [9.17, 15) is 16.8 Å². The molecule has 8 heteroatoms. The molecule has 1 N–H and O–H groups in total.